The van der Waals surface area contributed by atoms with E-state index in [1.165, 1.54) is 12.8 Å². The van der Waals surface area contributed by atoms with Gasteiger partial charge in [0.1, 0.15) is 5.54 Å². The van der Waals surface area contributed by atoms with Gasteiger partial charge >= 0.3 is 0 Å². The summed E-state index contributed by atoms with van der Waals surface area (Å²) in [6.45, 7) is 6.12. The quantitative estimate of drug-likeness (QED) is 0.612. The minimum absolute atomic E-state index is 0.424. The predicted molar refractivity (Wildman–Crippen MR) is 57.5 cm³/mol. The molecule has 0 radical (unpaired) electrons. The van der Waals surface area contributed by atoms with E-state index in [-0.39, 0.29) is 0 Å². The summed E-state index contributed by atoms with van der Waals surface area (Å²) < 4.78 is 10.6. The van der Waals surface area contributed by atoms with Crippen LogP contribution in [0.15, 0.2) is 0 Å². The summed E-state index contributed by atoms with van der Waals surface area (Å²) in [5, 5.41) is 12.3. The van der Waals surface area contributed by atoms with Crippen molar-refractivity contribution < 1.29 is 9.47 Å². The van der Waals surface area contributed by atoms with E-state index in [0.29, 0.717) is 32.5 Å². The Morgan fingerprint density at radius 1 is 1.40 bits per heavy atom. The zero-order valence-electron chi connectivity index (χ0n) is 9.58. The zero-order valence-corrected chi connectivity index (χ0v) is 9.58. The third-order valence-electron chi connectivity index (χ3n) is 2.31. The number of hydrogen-bond acceptors (Lipinski definition) is 4. The van der Waals surface area contributed by atoms with Crippen LogP contribution >= 0.6 is 0 Å². The topological polar surface area (TPSA) is 54.3 Å². The Balaban J connectivity index is 2.12. The summed E-state index contributed by atoms with van der Waals surface area (Å²) in [4.78, 5) is 0. The Hall–Kier alpha value is -0.630. The van der Waals surface area contributed by atoms with Crippen LogP contribution in [0.5, 0.6) is 0 Å². The van der Waals surface area contributed by atoms with Crippen LogP contribution in [0.1, 0.15) is 26.7 Å². The van der Waals surface area contributed by atoms with Gasteiger partial charge in [-0.2, -0.15) is 5.26 Å². The van der Waals surface area contributed by atoms with Crippen LogP contribution in [0.4, 0.5) is 0 Å². The normalized spacial score (nSPS) is 19.5. The van der Waals surface area contributed by atoms with Gasteiger partial charge in [-0.25, -0.2) is 0 Å². The Morgan fingerprint density at radius 3 is 2.60 bits per heavy atom. The highest BCUT2D eigenvalue weighted by atomic mass is 16.5. The average Bonchev–Trinajstić information content (AvgIpc) is 3.01. The molecule has 1 atom stereocenters. The van der Waals surface area contributed by atoms with Crippen LogP contribution in [0.2, 0.25) is 0 Å². The van der Waals surface area contributed by atoms with Crippen LogP contribution in [0.3, 0.4) is 0 Å². The molecule has 1 aliphatic carbocycles. The highest BCUT2D eigenvalue weighted by molar-refractivity contribution is 5.07. The van der Waals surface area contributed by atoms with Gasteiger partial charge < -0.3 is 9.47 Å². The highest BCUT2D eigenvalue weighted by Gasteiger charge is 2.32. The number of nitrogens with zero attached hydrogens (tertiary/aromatic N) is 1. The maximum atomic E-state index is 9.04. The van der Waals surface area contributed by atoms with Gasteiger partial charge in [0.05, 0.1) is 25.9 Å². The molecule has 0 heterocycles. The standard InChI is InChI=1S/C11H20N2O2/c1-3-14-6-7-15-9-11(2,8-12)13-10-4-5-10/h10,13H,3-7,9H2,1-2H3. The second-order valence-electron chi connectivity index (χ2n) is 4.11. The monoisotopic (exact) mass is 212 g/mol. The summed E-state index contributed by atoms with van der Waals surface area (Å²) in [5.41, 5.74) is -0.548. The van der Waals surface area contributed by atoms with Crippen molar-refractivity contribution >= 4 is 0 Å². The fraction of sp³-hybridized carbons (Fsp3) is 0.909. The van der Waals surface area contributed by atoms with Crippen molar-refractivity contribution in [2.45, 2.75) is 38.3 Å². The Labute approximate surface area is 91.6 Å². The number of rotatable bonds is 8. The summed E-state index contributed by atoms with van der Waals surface area (Å²) in [7, 11) is 0. The van der Waals surface area contributed by atoms with Gasteiger partial charge in [-0.3, -0.25) is 5.32 Å². The zero-order chi connectivity index (χ0) is 11.1. The second-order valence-corrected chi connectivity index (χ2v) is 4.11. The van der Waals surface area contributed by atoms with Gasteiger partial charge in [0.2, 0.25) is 0 Å². The molecule has 4 nitrogen and oxygen atoms in total. The first-order chi connectivity index (χ1) is 7.20. The molecule has 1 aliphatic rings. The molecule has 15 heavy (non-hydrogen) atoms. The third kappa shape index (κ3) is 5.12. The molecule has 0 aliphatic heterocycles. The molecule has 1 N–H and O–H groups in total. The number of nitriles is 1. The highest BCUT2D eigenvalue weighted by Crippen LogP contribution is 2.22. The van der Waals surface area contributed by atoms with Gasteiger partial charge in [-0.1, -0.05) is 0 Å². The second kappa shape index (κ2) is 6.06. The van der Waals surface area contributed by atoms with Crippen LogP contribution in [0, 0.1) is 11.3 Å². The van der Waals surface area contributed by atoms with Gasteiger partial charge in [0.15, 0.2) is 0 Å². The molecule has 1 unspecified atom stereocenters. The van der Waals surface area contributed by atoms with Crippen molar-refractivity contribution in [1.82, 2.24) is 5.32 Å². The van der Waals surface area contributed by atoms with Crippen LogP contribution in [-0.2, 0) is 9.47 Å². The third-order valence-corrected chi connectivity index (χ3v) is 2.31. The van der Waals surface area contributed by atoms with E-state index in [9.17, 15) is 0 Å². The minimum Gasteiger partial charge on any atom is -0.379 e. The van der Waals surface area contributed by atoms with Crippen molar-refractivity contribution in [2.75, 3.05) is 26.4 Å². The van der Waals surface area contributed by atoms with E-state index in [0.717, 1.165) is 0 Å². The van der Waals surface area contributed by atoms with Crippen molar-refractivity contribution in [3.05, 3.63) is 0 Å². The summed E-state index contributed by atoms with van der Waals surface area (Å²) in [5.74, 6) is 0. The number of nitrogens with one attached hydrogen (secondary N) is 1. The molecule has 4 heteroatoms. The predicted octanol–water partition coefficient (Wildman–Crippen LogP) is 1.07. The van der Waals surface area contributed by atoms with E-state index in [1.807, 2.05) is 13.8 Å². The molecule has 1 fully saturated rings. The lowest BCUT2D eigenvalue weighted by molar-refractivity contribution is 0.0357. The molecule has 1 rings (SSSR count). The Kier molecular flexibility index (Phi) is 5.03. The maximum Gasteiger partial charge on any atom is 0.127 e. The molecule has 0 saturated heterocycles. The van der Waals surface area contributed by atoms with E-state index >= 15 is 0 Å². The number of ether oxygens (including phenoxy) is 2. The van der Waals surface area contributed by atoms with E-state index < -0.39 is 5.54 Å². The Bertz CT molecular complexity index is 223. The molecular weight excluding hydrogens is 192 g/mol. The van der Waals surface area contributed by atoms with Crippen LogP contribution < -0.4 is 5.32 Å². The average molecular weight is 212 g/mol. The largest absolute Gasteiger partial charge is 0.379 e. The SMILES string of the molecule is CCOCCOCC(C)(C#N)NC1CC1. The fourth-order valence-corrected chi connectivity index (χ4v) is 1.32. The van der Waals surface area contributed by atoms with Crippen molar-refractivity contribution in [3.8, 4) is 6.07 Å². The first-order valence-electron chi connectivity index (χ1n) is 5.54. The molecule has 86 valence electrons. The minimum atomic E-state index is -0.548. The summed E-state index contributed by atoms with van der Waals surface area (Å²) in [6, 6.07) is 2.78. The van der Waals surface area contributed by atoms with Crippen molar-refractivity contribution in [1.29, 1.82) is 5.26 Å². The lowest BCUT2D eigenvalue weighted by Gasteiger charge is -2.22. The molecule has 0 bridgehead atoms. The summed E-state index contributed by atoms with van der Waals surface area (Å²) >= 11 is 0. The van der Waals surface area contributed by atoms with E-state index in [1.54, 1.807) is 0 Å². The molecular formula is C11H20N2O2. The molecule has 0 aromatic rings. The smallest absolute Gasteiger partial charge is 0.127 e. The van der Waals surface area contributed by atoms with Crippen LogP contribution in [0.25, 0.3) is 0 Å². The molecule has 0 amide bonds. The van der Waals surface area contributed by atoms with Crippen molar-refractivity contribution in [2.24, 2.45) is 0 Å². The lowest BCUT2D eigenvalue weighted by Crippen LogP contribution is -2.46. The van der Waals surface area contributed by atoms with E-state index in [4.69, 9.17) is 14.7 Å². The number of hydrogen-bond donors (Lipinski definition) is 1. The van der Waals surface area contributed by atoms with Gasteiger partial charge in [-0.15, -0.1) is 0 Å². The lowest BCUT2D eigenvalue weighted by atomic mass is 10.1. The molecule has 1 saturated carbocycles. The van der Waals surface area contributed by atoms with Gasteiger partial charge in [0, 0.05) is 12.6 Å². The van der Waals surface area contributed by atoms with Crippen molar-refractivity contribution in [3.63, 3.8) is 0 Å². The van der Waals surface area contributed by atoms with Crippen LogP contribution in [-0.4, -0.2) is 38.0 Å². The molecule has 0 spiro atoms. The van der Waals surface area contributed by atoms with Gasteiger partial charge in [-0.05, 0) is 26.7 Å². The van der Waals surface area contributed by atoms with Gasteiger partial charge in [0.25, 0.3) is 0 Å². The van der Waals surface area contributed by atoms with E-state index in [2.05, 4.69) is 11.4 Å². The molecule has 0 aromatic carbocycles. The molecule has 0 aromatic heterocycles. The first-order valence-corrected chi connectivity index (χ1v) is 5.54. The summed E-state index contributed by atoms with van der Waals surface area (Å²) in [6.07, 6.45) is 2.35. The maximum absolute atomic E-state index is 9.04. The Morgan fingerprint density at radius 2 is 2.07 bits per heavy atom. The first kappa shape index (κ1) is 12.4. The fourth-order valence-electron chi connectivity index (χ4n) is 1.32.